The van der Waals surface area contributed by atoms with Gasteiger partial charge in [0.05, 0.1) is 12.5 Å². The summed E-state index contributed by atoms with van der Waals surface area (Å²) in [5, 5.41) is 0. The van der Waals surface area contributed by atoms with Crippen molar-refractivity contribution >= 4 is 11.9 Å². The maximum Gasteiger partial charge on any atom is 0.310 e. The molecule has 0 N–H and O–H groups in total. The molecule has 0 radical (unpaired) electrons. The third-order valence-electron chi connectivity index (χ3n) is 4.11. The van der Waals surface area contributed by atoms with E-state index in [0.717, 1.165) is 52.0 Å². The zero-order valence-electron chi connectivity index (χ0n) is 13.8. The molecule has 122 valence electrons. The van der Waals surface area contributed by atoms with E-state index in [1.54, 1.807) is 0 Å². The first kappa shape index (κ1) is 18.0. The van der Waals surface area contributed by atoms with Gasteiger partial charge in [0.1, 0.15) is 0 Å². The van der Waals surface area contributed by atoms with E-state index in [1.165, 1.54) is 0 Å². The van der Waals surface area contributed by atoms with Gasteiger partial charge >= 0.3 is 5.97 Å². The Morgan fingerprint density at radius 1 is 1.24 bits per heavy atom. The lowest BCUT2D eigenvalue weighted by Crippen LogP contribution is -2.40. The largest absolute Gasteiger partial charge is 0.466 e. The van der Waals surface area contributed by atoms with Crippen molar-refractivity contribution < 1.29 is 14.3 Å². The van der Waals surface area contributed by atoms with Crippen molar-refractivity contribution in [1.82, 2.24) is 9.80 Å². The van der Waals surface area contributed by atoms with E-state index in [1.807, 2.05) is 25.7 Å². The molecule has 1 saturated heterocycles. The maximum absolute atomic E-state index is 11.9. The van der Waals surface area contributed by atoms with Crippen molar-refractivity contribution in [1.29, 1.82) is 0 Å². The first-order chi connectivity index (χ1) is 10.1. The van der Waals surface area contributed by atoms with Crippen LogP contribution in [-0.2, 0) is 14.3 Å². The van der Waals surface area contributed by atoms with E-state index < -0.39 is 0 Å². The molecule has 1 aliphatic heterocycles. The van der Waals surface area contributed by atoms with Crippen LogP contribution in [0.15, 0.2) is 0 Å². The fraction of sp³-hybridized carbons (Fsp3) is 0.875. The van der Waals surface area contributed by atoms with E-state index in [0.29, 0.717) is 13.0 Å². The molecule has 0 saturated carbocycles. The molecular formula is C16H30N2O3. The number of hydrogen-bond acceptors (Lipinski definition) is 4. The molecule has 1 aliphatic rings. The van der Waals surface area contributed by atoms with Gasteiger partial charge in [-0.1, -0.05) is 0 Å². The normalized spacial score (nSPS) is 19.3. The Bertz CT molecular complexity index is 329. The number of ether oxygens (including phenoxy) is 1. The highest BCUT2D eigenvalue weighted by Crippen LogP contribution is 2.18. The van der Waals surface area contributed by atoms with Crippen LogP contribution >= 0.6 is 0 Å². The van der Waals surface area contributed by atoms with Crippen LogP contribution in [0.2, 0.25) is 0 Å². The maximum atomic E-state index is 11.9. The molecule has 1 rings (SSSR count). The second-order valence-electron chi connectivity index (χ2n) is 5.56. The third-order valence-corrected chi connectivity index (χ3v) is 4.11. The van der Waals surface area contributed by atoms with Gasteiger partial charge in [-0.2, -0.15) is 0 Å². The molecule has 0 unspecified atom stereocenters. The lowest BCUT2D eigenvalue weighted by molar-refractivity contribution is -0.150. The average molecular weight is 298 g/mol. The second-order valence-corrected chi connectivity index (χ2v) is 5.56. The summed E-state index contributed by atoms with van der Waals surface area (Å²) in [5.74, 6) is 0.178. The van der Waals surface area contributed by atoms with Crippen molar-refractivity contribution in [3.63, 3.8) is 0 Å². The molecule has 0 aliphatic carbocycles. The number of piperidine rings is 1. The third kappa shape index (κ3) is 6.04. The highest BCUT2D eigenvalue weighted by atomic mass is 16.5. The molecule has 0 spiro atoms. The number of nitrogens with zero attached hydrogens (tertiary/aromatic N) is 2. The standard InChI is InChI=1S/C16H30N2O3/c1-4-18(5-2)15(19)10-8-12-17-11-7-9-14(13-17)16(20)21-6-3/h14H,4-13H2,1-3H3/t14-/m1/s1. The number of carbonyl (C=O) groups is 2. The quantitative estimate of drug-likeness (QED) is 0.642. The average Bonchev–Trinajstić information content (AvgIpc) is 2.49. The van der Waals surface area contributed by atoms with Crippen molar-refractivity contribution in [2.45, 2.75) is 46.5 Å². The minimum atomic E-state index is -0.0681. The summed E-state index contributed by atoms with van der Waals surface area (Å²) in [4.78, 5) is 27.9. The number of carbonyl (C=O) groups excluding carboxylic acids is 2. The molecule has 5 nitrogen and oxygen atoms in total. The smallest absolute Gasteiger partial charge is 0.310 e. The molecule has 0 aromatic rings. The van der Waals surface area contributed by atoms with Gasteiger partial charge in [0.25, 0.3) is 0 Å². The fourth-order valence-corrected chi connectivity index (χ4v) is 2.90. The number of amides is 1. The summed E-state index contributed by atoms with van der Waals surface area (Å²) in [7, 11) is 0. The summed E-state index contributed by atoms with van der Waals surface area (Å²) in [5.41, 5.74) is 0. The predicted molar refractivity (Wildman–Crippen MR) is 83.0 cm³/mol. The Hall–Kier alpha value is -1.10. The zero-order chi connectivity index (χ0) is 15.7. The van der Waals surface area contributed by atoms with Gasteiger partial charge < -0.3 is 14.5 Å². The highest BCUT2D eigenvalue weighted by molar-refractivity contribution is 5.76. The lowest BCUT2D eigenvalue weighted by Gasteiger charge is -2.31. The Kier molecular flexibility index (Phi) is 8.35. The van der Waals surface area contributed by atoms with Crippen molar-refractivity contribution in [2.24, 2.45) is 5.92 Å². The van der Waals surface area contributed by atoms with Crippen LogP contribution in [0.5, 0.6) is 0 Å². The Labute approximate surface area is 128 Å². The van der Waals surface area contributed by atoms with Gasteiger partial charge in [0, 0.05) is 26.1 Å². The van der Waals surface area contributed by atoms with Crippen molar-refractivity contribution in [2.75, 3.05) is 39.3 Å². The Balaban J connectivity index is 2.28. The van der Waals surface area contributed by atoms with Crippen LogP contribution in [0.3, 0.4) is 0 Å². The summed E-state index contributed by atoms with van der Waals surface area (Å²) >= 11 is 0. The van der Waals surface area contributed by atoms with Gasteiger partial charge in [0.15, 0.2) is 0 Å². The van der Waals surface area contributed by atoms with Gasteiger partial charge in [-0.15, -0.1) is 0 Å². The number of rotatable bonds is 8. The Morgan fingerprint density at radius 2 is 1.95 bits per heavy atom. The van der Waals surface area contributed by atoms with Gasteiger partial charge in [-0.25, -0.2) is 0 Å². The predicted octanol–water partition coefficient (Wildman–Crippen LogP) is 1.91. The van der Waals surface area contributed by atoms with Crippen molar-refractivity contribution in [3.8, 4) is 0 Å². The molecule has 1 heterocycles. The molecule has 0 aromatic heterocycles. The van der Waals surface area contributed by atoms with Crippen molar-refractivity contribution in [3.05, 3.63) is 0 Å². The molecule has 1 amide bonds. The van der Waals surface area contributed by atoms with Crippen LogP contribution < -0.4 is 0 Å². The van der Waals surface area contributed by atoms with E-state index in [-0.39, 0.29) is 17.8 Å². The van der Waals surface area contributed by atoms with E-state index in [4.69, 9.17) is 4.74 Å². The molecule has 1 fully saturated rings. The summed E-state index contributed by atoms with van der Waals surface area (Å²) < 4.78 is 5.11. The number of hydrogen-bond donors (Lipinski definition) is 0. The second kappa shape index (κ2) is 9.77. The van der Waals surface area contributed by atoms with Gasteiger partial charge in [-0.05, 0) is 53.1 Å². The molecular weight excluding hydrogens is 268 g/mol. The topological polar surface area (TPSA) is 49.9 Å². The highest BCUT2D eigenvalue weighted by Gasteiger charge is 2.26. The molecule has 0 bridgehead atoms. The van der Waals surface area contributed by atoms with E-state index in [2.05, 4.69) is 4.90 Å². The molecule has 5 heteroatoms. The van der Waals surface area contributed by atoms with Crippen LogP contribution in [0, 0.1) is 5.92 Å². The van der Waals surface area contributed by atoms with E-state index in [9.17, 15) is 9.59 Å². The summed E-state index contributed by atoms with van der Waals surface area (Å²) in [6.45, 7) is 10.6. The number of esters is 1. The van der Waals surface area contributed by atoms with Crippen LogP contribution in [0.1, 0.15) is 46.5 Å². The van der Waals surface area contributed by atoms with Crippen LogP contribution in [0.4, 0.5) is 0 Å². The minimum absolute atomic E-state index is 0.0113. The molecule has 1 atom stereocenters. The first-order valence-corrected chi connectivity index (χ1v) is 8.29. The van der Waals surface area contributed by atoms with Crippen LogP contribution in [0.25, 0.3) is 0 Å². The molecule has 21 heavy (non-hydrogen) atoms. The SMILES string of the molecule is CCOC(=O)[C@@H]1CCCN(CCCC(=O)N(CC)CC)C1. The molecule has 0 aromatic carbocycles. The summed E-state index contributed by atoms with van der Waals surface area (Å²) in [6, 6.07) is 0. The first-order valence-electron chi connectivity index (χ1n) is 8.29. The van der Waals surface area contributed by atoms with Gasteiger partial charge in [-0.3, -0.25) is 9.59 Å². The van der Waals surface area contributed by atoms with Crippen LogP contribution in [-0.4, -0.2) is 61.0 Å². The summed E-state index contributed by atoms with van der Waals surface area (Å²) in [6.07, 6.45) is 3.42. The fourth-order valence-electron chi connectivity index (χ4n) is 2.90. The lowest BCUT2D eigenvalue weighted by atomic mass is 9.98. The zero-order valence-corrected chi connectivity index (χ0v) is 13.8. The van der Waals surface area contributed by atoms with Gasteiger partial charge in [0.2, 0.25) is 5.91 Å². The van der Waals surface area contributed by atoms with E-state index >= 15 is 0 Å². The minimum Gasteiger partial charge on any atom is -0.466 e. The monoisotopic (exact) mass is 298 g/mol. The Morgan fingerprint density at radius 3 is 2.57 bits per heavy atom. The number of likely N-dealkylation sites (tertiary alicyclic amines) is 1.